The molecule has 1 aliphatic carbocycles. The van der Waals surface area contributed by atoms with E-state index in [9.17, 15) is 9.59 Å². The zero-order valence-electron chi connectivity index (χ0n) is 17.2. The average molecular weight is 417 g/mol. The Balaban J connectivity index is 1.57. The van der Waals surface area contributed by atoms with Crippen molar-refractivity contribution in [2.45, 2.75) is 52.0 Å². The first-order chi connectivity index (χ1) is 14.0. The van der Waals surface area contributed by atoms with Crippen LogP contribution in [0.1, 0.15) is 46.0 Å². The van der Waals surface area contributed by atoms with Crippen molar-refractivity contribution in [3.8, 4) is 16.3 Å². The van der Waals surface area contributed by atoms with Gasteiger partial charge in [-0.1, -0.05) is 36.8 Å². The monoisotopic (exact) mass is 416 g/mol. The van der Waals surface area contributed by atoms with E-state index in [4.69, 9.17) is 4.74 Å². The molecule has 1 heterocycles. The molecule has 1 atom stereocenters. The molecule has 0 saturated heterocycles. The first-order valence-corrected chi connectivity index (χ1v) is 10.9. The number of nitrogens with zero attached hydrogens (tertiary/aromatic N) is 3. The largest absolute Gasteiger partial charge is 0.497 e. The van der Waals surface area contributed by atoms with Crippen LogP contribution < -0.4 is 10.1 Å². The van der Waals surface area contributed by atoms with E-state index in [0.717, 1.165) is 37.0 Å². The molecule has 3 rings (SSSR count). The Bertz CT molecular complexity index is 850. The van der Waals surface area contributed by atoms with Crippen LogP contribution in [0.2, 0.25) is 0 Å². The Kier molecular flexibility index (Phi) is 7.19. The first-order valence-electron chi connectivity index (χ1n) is 10.1. The number of anilines is 1. The number of carbonyl (C=O) groups excluding carboxylic acids is 2. The molecule has 0 spiro atoms. The summed E-state index contributed by atoms with van der Waals surface area (Å²) >= 11 is 1.31. The Morgan fingerprint density at radius 2 is 2.14 bits per heavy atom. The third-order valence-electron chi connectivity index (χ3n) is 5.43. The summed E-state index contributed by atoms with van der Waals surface area (Å²) in [6.45, 7) is 4.53. The van der Waals surface area contributed by atoms with E-state index >= 15 is 0 Å². The van der Waals surface area contributed by atoms with Gasteiger partial charge >= 0.3 is 0 Å². The SMILES string of the molecule is CC[C@@H](C)N(CCC(=O)Nc1nnc(-c2cccc(OC)c2)s1)C(=O)C1CCC1. The standard InChI is InChI=1S/C21H28N4O3S/c1-4-14(2)25(20(27)15-7-5-8-15)12-11-18(26)22-21-24-23-19(29-21)16-9-6-10-17(13-16)28-3/h6,9-10,13-15H,4-5,7-8,11-12H2,1-3H3,(H,22,24,26)/t14-/m1/s1. The van der Waals surface area contributed by atoms with Crippen molar-refractivity contribution in [3.05, 3.63) is 24.3 Å². The molecular weight excluding hydrogens is 388 g/mol. The van der Waals surface area contributed by atoms with Crippen LogP contribution in [0.25, 0.3) is 10.6 Å². The molecule has 1 aromatic heterocycles. The highest BCUT2D eigenvalue weighted by Gasteiger charge is 2.31. The number of amides is 2. The molecule has 0 bridgehead atoms. The van der Waals surface area contributed by atoms with Crippen molar-refractivity contribution in [2.75, 3.05) is 19.0 Å². The van der Waals surface area contributed by atoms with Crippen molar-refractivity contribution in [1.82, 2.24) is 15.1 Å². The maximum Gasteiger partial charge on any atom is 0.227 e. The number of hydrogen-bond donors (Lipinski definition) is 1. The number of carbonyl (C=O) groups is 2. The molecule has 1 aliphatic rings. The minimum atomic E-state index is -0.159. The van der Waals surface area contributed by atoms with Gasteiger partial charge in [-0.2, -0.15) is 0 Å². The van der Waals surface area contributed by atoms with Crippen molar-refractivity contribution in [2.24, 2.45) is 5.92 Å². The summed E-state index contributed by atoms with van der Waals surface area (Å²) in [7, 11) is 1.61. The van der Waals surface area contributed by atoms with Gasteiger partial charge in [-0.25, -0.2) is 0 Å². The van der Waals surface area contributed by atoms with E-state index in [0.29, 0.717) is 16.7 Å². The van der Waals surface area contributed by atoms with E-state index in [1.807, 2.05) is 36.1 Å². The number of ether oxygens (including phenoxy) is 1. The van der Waals surface area contributed by atoms with Crippen LogP contribution in [0.15, 0.2) is 24.3 Å². The topological polar surface area (TPSA) is 84.4 Å². The summed E-state index contributed by atoms with van der Waals surface area (Å²) in [5.74, 6) is 0.910. The number of hydrogen-bond acceptors (Lipinski definition) is 6. The zero-order chi connectivity index (χ0) is 20.8. The van der Waals surface area contributed by atoms with Crippen LogP contribution in [0.5, 0.6) is 5.75 Å². The fourth-order valence-corrected chi connectivity index (χ4v) is 3.96. The van der Waals surface area contributed by atoms with Gasteiger partial charge in [0.25, 0.3) is 0 Å². The molecule has 7 nitrogen and oxygen atoms in total. The summed E-state index contributed by atoms with van der Waals surface area (Å²) in [6.07, 6.45) is 4.18. The van der Waals surface area contributed by atoms with E-state index in [1.165, 1.54) is 11.3 Å². The molecule has 0 aliphatic heterocycles. The van der Waals surface area contributed by atoms with Gasteiger partial charge in [-0.3, -0.25) is 9.59 Å². The second-order valence-electron chi connectivity index (χ2n) is 7.36. The maximum absolute atomic E-state index is 12.7. The Hall–Kier alpha value is -2.48. The van der Waals surface area contributed by atoms with Crippen LogP contribution in [-0.4, -0.2) is 46.6 Å². The van der Waals surface area contributed by atoms with Crippen LogP contribution in [0.4, 0.5) is 5.13 Å². The summed E-state index contributed by atoms with van der Waals surface area (Å²) in [6, 6.07) is 7.68. The van der Waals surface area contributed by atoms with Gasteiger partial charge < -0.3 is 15.0 Å². The van der Waals surface area contributed by atoms with Gasteiger partial charge in [0.1, 0.15) is 10.8 Å². The normalized spacial score (nSPS) is 14.7. The minimum Gasteiger partial charge on any atom is -0.497 e. The zero-order valence-corrected chi connectivity index (χ0v) is 18.0. The maximum atomic E-state index is 12.7. The van der Waals surface area contributed by atoms with Gasteiger partial charge in [-0.05, 0) is 38.3 Å². The highest BCUT2D eigenvalue weighted by atomic mass is 32.1. The Morgan fingerprint density at radius 3 is 2.79 bits per heavy atom. The molecule has 2 aromatic rings. The third kappa shape index (κ3) is 5.32. The van der Waals surface area contributed by atoms with Gasteiger partial charge in [0, 0.05) is 30.5 Å². The summed E-state index contributed by atoms with van der Waals surface area (Å²) in [4.78, 5) is 27.0. The van der Waals surface area contributed by atoms with E-state index < -0.39 is 0 Å². The molecule has 8 heteroatoms. The third-order valence-corrected chi connectivity index (χ3v) is 6.32. The van der Waals surface area contributed by atoms with Crippen molar-refractivity contribution in [1.29, 1.82) is 0 Å². The fourth-order valence-electron chi connectivity index (χ4n) is 3.21. The first kappa shape index (κ1) is 21.2. The number of methoxy groups -OCH3 is 1. The lowest BCUT2D eigenvalue weighted by Gasteiger charge is -2.35. The second kappa shape index (κ2) is 9.82. The van der Waals surface area contributed by atoms with Crippen molar-refractivity contribution in [3.63, 3.8) is 0 Å². The van der Waals surface area contributed by atoms with E-state index in [2.05, 4.69) is 22.4 Å². The fraction of sp³-hybridized carbons (Fsp3) is 0.524. The van der Waals surface area contributed by atoms with E-state index in [-0.39, 0.29) is 30.2 Å². The molecule has 29 heavy (non-hydrogen) atoms. The predicted octanol–water partition coefficient (Wildman–Crippen LogP) is 3.97. The number of benzene rings is 1. The summed E-state index contributed by atoms with van der Waals surface area (Å²) in [5.41, 5.74) is 0.886. The van der Waals surface area contributed by atoms with Crippen molar-refractivity contribution >= 4 is 28.3 Å². The van der Waals surface area contributed by atoms with Crippen molar-refractivity contribution < 1.29 is 14.3 Å². The molecule has 1 fully saturated rings. The molecule has 1 saturated carbocycles. The Morgan fingerprint density at radius 1 is 1.34 bits per heavy atom. The molecule has 2 amide bonds. The number of nitrogens with one attached hydrogen (secondary N) is 1. The van der Waals surface area contributed by atoms with Gasteiger partial charge in [-0.15, -0.1) is 10.2 Å². The van der Waals surface area contributed by atoms with Gasteiger partial charge in [0.2, 0.25) is 16.9 Å². The number of aromatic nitrogens is 2. The number of rotatable bonds is 9. The molecule has 0 radical (unpaired) electrons. The molecule has 0 unspecified atom stereocenters. The highest BCUT2D eigenvalue weighted by Crippen LogP contribution is 2.30. The van der Waals surface area contributed by atoms with Gasteiger partial charge in [0.05, 0.1) is 7.11 Å². The second-order valence-corrected chi connectivity index (χ2v) is 8.34. The van der Waals surface area contributed by atoms with Crippen LogP contribution >= 0.6 is 11.3 Å². The lowest BCUT2D eigenvalue weighted by molar-refractivity contribution is -0.140. The lowest BCUT2D eigenvalue weighted by atomic mass is 9.84. The molecule has 1 aromatic carbocycles. The smallest absolute Gasteiger partial charge is 0.227 e. The summed E-state index contributed by atoms with van der Waals surface area (Å²) < 4.78 is 5.23. The average Bonchev–Trinajstić information content (AvgIpc) is 3.15. The summed E-state index contributed by atoms with van der Waals surface area (Å²) in [5, 5.41) is 12.2. The molecule has 156 valence electrons. The predicted molar refractivity (Wildman–Crippen MR) is 114 cm³/mol. The highest BCUT2D eigenvalue weighted by molar-refractivity contribution is 7.18. The van der Waals surface area contributed by atoms with Crippen LogP contribution in [0, 0.1) is 5.92 Å². The lowest BCUT2D eigenvalue weighted by Crippen LogP contribution is -2.45. The molecule has 1 N–H and O–H groups in total. The Labute approximate surface area is 175 Å². The minimum absolute atomic E-state index is 0.136. The van der Waals surface area contributed by atoms with Crippen LogP contribution in [0.3, 0.4) is 0 Å². The molecular formula is C21H28N4O3S. The van der Waals surface area contributed by atoms with Gasteiger partial charge in [0.15, 0.2) is 0 Å². The van der Waals surface area contributed by atoms with Crippen LogP contribution in [-0.2, 0) is 9.59 Å². The quantitative estimate of drug-likeness (QED) is 0.669. The van der Waals surface area contributed by atoms with E-state index in [1.54, 1.807) is 7.11 Å².